The summed E-state index contributed by atoms with van der Waals surface area (Å²) in [6.45, 7) is 0.628. The molecule has 1 amide bonds. The molecule has 0 radical (unpaired) electrons. The van der Waals surface area contributed by atoms with Crippen molar-refractivity contribution in [1.29, 1.82) is 0 Å². The van der Waals surface area contributed by atoms with E-state index in [-0.39, 0.29) is 17.3 Å². The molecule has 0 aliphatic carbocycles. The zero-order chi connectivity index (χ0) is 21.6. The molecule has 5 nitrogen and oxygen atoms in total. The Kier molecular flexibility index (Phi) is 4.87. The van der Waals surface area contributed by atoms with Crippen molar-refractivity contribution < 1.29 is 17.6 Å². The van der Waals surface area contributed by atoms with Crippen LogP contribution in [0.5, 0.6) is 0 Å². The van der Waals surface area contributed by atoms with Gasteiger partial charge in [0.2, 0.25) is 15.9 Å². The van der Waals surface area contributed by atoms with Crippen molar-refractivity contribution in [2.45, 2.75) is 30.3 Å². The van der Waals surface area contributed by atoms with E-state index in [1.165, 1.54) is 16.4 Å². The number of para-hydroxylation sites is 1. The number of carbonyl (C=O) groups excluding carboxylic acids is 1. The molecular formula is C24H21FN2O3S. The Morgan fingerprint density at radius 1 is 0.871 bits per heavy atom. The van der Waals surface area contributed by atoms with E-state index in [0.717, 1.165) is 40.9 Å². The molecule has 0 N–H and O–H groups in total. The first-order chi connectivity index (χ1) is 14.9. The largest absolute Gasteiger partial charge is 0.310 e. The number of carbonyl (C=O) groups is 1. The lowest BCUT2D eigenvalue weighted by Crippen LogP contribution is -2.53. The Labute approximate surface area is 180 Å². The molecule has 158 valence electrons. The van der Waals surface area contributed by atoms with E-state index in [2.05, 4.69) is 0 Å². The minimum absolute atomic E-state index is 0.0205. The zero-order valence-electron chi connectivity index (χ0n) is 16.7. The number of halogens is 1. The first kappa shape index (κ1) is 19.9. The van der Waals surface area contributed by atoms with E-state index >= 15 is 0 Å². The molecule has 2 aliphatic rings. The predicted octanol–water partition coefficient (Wildman–Crippen LogP) is 3.53. The minimum atomic E-state index is -4.00. The molecule has 0 saturated carbocycles. The number of nitrogens with zero attached hydrogens (tertiary/aromatic N) is 2. The van der Waals surface area contributed by atoms with E-state index in [9.17, 15) is 17.6 Å². The molecule has 0 fully saturated rings. The van der Waals surface area contributed by atoms with Crippen LogP contribution in [0.2, 0.25) is 0 Å². The van der Waals surface area contributed by atoms with Gasteiger partial charge in [-0.1, -0.05) is 42.5 Å². The van der Waals surface area contributed by atoms with E-state index in [1.54, 1.807) is 4.90 Å². The summed E-state index contributed by atoms with van der Waals surface area (Å²) in [5, 5.41) is 0. The van der Waals surface area contributed by atoms with Gasteiger partial charge in [-0.2, -0.15) is 4.31 Å². The average Bonchev–Trinajstić information content (AvgIpc) is 3.22. The van der Waals surface area contributed by atoms with E-state index in [4.69, 9.17) is 0 Å². The summed E-state index contributed by atoms with van der Waals surface area (Å²) in [7, 11) is -4.00. The maximum absolute atomic E-state index is 13.7. The lowest BCUT2D eigenvalue weighted by atomic mass is 9.95. The Hall–Kier alpha value is -3.03. The fraction of sp³-hybridized carbons (Fsp3) is 0.208. The summed E-state index contributed by atoms with van der Waals surface area (Å²) in [5.41, 5.74) is 3.77. The van der Waals surface area contributed by atoms with Crippen molar-refractivity contribution in [2.75, 3.05) is 11.4 Å². The fourth-order valence-electron chi connectivity index (χ4n) is 4.45. The summed E-state index contributed by atoms with van der Waals surface area (Å²) in [5.74, 6) is -0.741. The highest BCUT2D eigenvalue weighted by Crippen LogP contribution is 2.33. The minimum Gasteiger partial charge on any atom is -0.310 e. The van der Waals surface area contributed by atoms with Crippen molar-refractivity contribution in [1.82, 2.24) is 4.31 Å². The number of sulfonamides is 1. The molecule has 2 heterocycles. The first-order valence-electron chi connectivity index (χ1n) is 10.2. The van der Waals surface area contributed by atoms with E-state index in [1.807, 2.05) is 48.5 Å². The van der Waals surface area contributed by atoms with Crippen LogP contribution in [0.15, 0.2) is 77.7 Å². The van der Waals surface area contributed by atoms with Crippen LogP contribution in [0, 0.1) is 5.82 Å². The Morgan fingerprint density at radius 3 is 2.26 bits per heavy atom. The highest BCUT2D eigenvalue weighted by atomic mass is 32.2. The van der Waals surface area contributed by atoms with Crippen LogP contribution in [0.1, 0.15) is 16.7 Å². The third-order valence-electron chi connectivity index (χ3n) is 6.06. The number of anilines is 1. The predicted molar refractivity (Wildman–Crippen MR) is 116 cm³/mol. The van der Waals surface area contributed by atoms with Crippen molar-refractivity contribution in [2.24, 2.45) is 0 Å². The second kappa shape index (κ2) is 7.59. The van der Waals surface area contributed by atoms with Crippen molar-refractivity contribution in [3.05, 3.63) is 95.3 Å². The molecule has 31 heavy (non-hydrogen) atoms. The van der Waals surface area contributed by atoms with Gasteiger partial charge in [0.25, 0.3) is 0 Å². The third-order valence-corrected chi connectivity index (χ3v) is 7.93. The quantitative estimate of drug-likeness (QED) is 0.631. The summed E-state index contributed by atoms with van der Waals surface area (Å²) in [6.07, 6.45) is 1.05. The molecule has 3 aromatic rings. The normalized spacial score (nSPS) is 18.5. The SMILES string of the molecule is O=C(C1Cc2ccccc2CN1S(=O)(=O)c1ccc(F)cc1)N1CCc2ccccc21. The van der Waals surface area contributed by atoms with Crippen LogP contribution in [0.25, 0.3) is 0 Å². The topological polar surface area (TPSA) is 57.7 Å². The Bertz CT molecular complexity index is 1260. The van der Waals surface area contributed by atoms with Crippen molar-refractivity contribution in [3.8, 4) is 0 Å². The van der Waals surface area contributed by atoms with E-state index in [0.29, 0.717) is 13.0 Å². The zero-order valence-corrected chi connectivity index (χ0v) is 17.6. The Balaban J connectivity index is 1.56. The summed E-state index contributed by atoms with van der Waals surface area (Å²) in [6, 6.07) is 19.2. The molecule has 7 heteroatoms. The van der Waals surface area contributed by atoms with Gasteiger partial charge in [-0.05, 0) is 59.9 Å². The second-order valence-corrected chi connectivity index (χ2v) is 9.75. The lowest BCUT2D eigenvalue weighted by molar-refractivity contribution is -0.122. The fourth-order valence-corrected chi connectivity index (χ4v) is 6.01. The number of fused-ring (bicyclic) bond motifs is 2. The number of hydrogen-bond donors (Lipinski definition) is 0. The molecule has 1 unspecified atom stereocenters. The van der Waals surface area contributed by atoms with Gasteiger partial charge in [-0.25, -0.2) is 12.8 Å². The van der Waals surface area contributed by atoms with Gasteiger partial charge < -0.3 is 4.90 Å². The maximum atomic E-state index is 13.7. The molecule has 1 atom stereocenters. The second-order valence-electron chi connectivity index (χ2n) is 7.86. The standard InChI is InChI=1S/C24H21FN2O3S/c25-20-9-11-21(12-10-20)31(29,30)27-16-19-7-2-1-6-18(19)15-23(27)24(28)26-14-13-17-5-3-4-8-22(17)26/h1-12,23H,13-16H2. The molecule has 0 spiro atoms. The highest BCUT2D eigenvalue weighted by molar-refractivity contribution is 7.89. The first-order valence-corrected chi connectivity index (χ1v) is 11.6. The van der Waals surface area contributed by atoms with Crippen molar-refractivity contribution >= 4 is 21.6 Å². The number of rotatable bonds is 3. The summed E-state index contributed by atoms with van der Waals surface area (Å²) in [4.78, 5) is 15.4. The number of benzene rings is 3. The number of hydrogen-bond acceptors (Lipinski definition) is 3. The molecule has 5 rings (SSSR count). The summed E-state index contributed by atoms with van der Waals surface area (Å²) >= 11 is 0. The van der Waals surface area contributed by atoms with Crippen LogP contribution in [-0.2, 0) is 34.2 Å². The van der Waals surface area contributed by atoms with Crippen molar-refractivity contribution in [3.63, 3.8) is 0 Å². The molecule has 2 aliphatic heterocycles. The van der Waals surface area contributed by atoms with Gasteiger partial charge in [-0.3, -0.25) is 4.79 Å². The smallest absolute Gasteiger partial charge is 0.245 e. The molecule has 0 aromatic heterocycles. The maximum Gasteiger partial charge on any atom is 0.245 e. The van der Waals surface area contributed by atoms with Crippen LogP contribution in [0.3, 0.4) is 0 Å². The third kappa shape index (κ3) is 3.43. The van der Waals surface area contributed by atoms with Gasteiger partial charge >= 0.3 is 0 Å². The highest BCUT2D eigenvalue weighted by Gasteiger charge is 2.42. The van der Waals surface area contributed by atoms with Gasteiger partial charge in [0.15, 0.2) is 0 Å². The van der Waals surface area contributed by atoms with Crippen LogP contribution < -0.4 is 4.90 Å². The molecular weight excluding hydrogens is 415 g/mol. The van der Waals surface area contributed by atoms with Crippen LogP contribution >= 0.6 is 0 Å². The van der Waals surface area contributed by atoms with Gasteiger partial charge in [0.1, 0.15) is 11.9 Å². The van der Waals surface area contributed by atoms with Gasteiger partial charge in [-0.15, -0.1) is 0 Å². The number of amides is 1. The monoisotopic (exact) mass is 436 g/mol. The molecule has 0 saturated heterocycles. The van der Waals surface area contributed by atoms with E-state index < -0.39 is 21.9 Å². The van der Waals surface area contributed by atoms with Gasteiger partial charge in [0, 0.05) is 18.8 Å². The Morgan fingerprint density at radius 2 is 1.52 bits per heavy atom. The molecule has 0 bridgehead atoms. The van der Waals surface area contributed by atoms with Crippen LogP contribution in [0.4, 0.5) is 10.1 Å². The average molecular weight is 437 g/mol. The molecule has 3 aromatic carbocycles. The van der Waals surface area contributed by atoms with Crippen LogP contribution in [-0.4, -0.2) is 31.2 Å². The summed E-state index contributed by atoms with van der Waals surface area (Å²) < 4.78 is 41.7. The van der Waals surface area contributed by atoms with Gasteiger partial charge in [0.05, 0.1) is 4.90 Å². The lowest BCUT2D eigenvalue weighted by Gasteiger charge is -2.37.